The molecular weight excluding hydrogens is 186 g/mol. The molecule has 2 nitrogen and oxygen atoms in total. The predicted molar refractivity (Wildman–Crippen MR) is 63.3 cm³/mol. The van der Waals surface area contributed by atoms with E-state index in [9.17, 15) is 0 Å². The van der Waals surface area contributed by atoms with Gasteiger partial charge in [0.2, 0.25) is 0 Å². The largest absolute Gasteiger partial charge is 0.383 e. The Labute approximate surface area is 90.5 Å². The minimum atomic E-state index is 0.762. The van der Waals surface area contributed by atoms with Gasteiger partial charge in [0.05, 0.1) is 6.61 Å². The van der Waals surface area contributed by atoms with Gasteiger partial charge in [-0.15, -0.1) is 0 Å². The van der Waals surface area contributed by atoms with E-state index in [-0.39, 0.29) is 0 Å². The van der Waals surface area contributed by atoms with Gasteiger partial charge in [-0.2, -0.15) is 0 Å². The molecular formula is C13H17NO. The monoisotopic (exact) mass is 203 g/mol. The molecule has 0 saturated heterocycles. The van der Waals surface area contributed by atoms with Crippen LogP contribution in [0.1, 0.15) is 11.3 Å². The number of fused-ring (bicyclic) bond motifs is 1. The lowest BCUT2D eigenvalue weighted by molar-refractivity contribution is 0.188. The first-order valence-corrected chi connectivity index (χ1v) is 5.28. The third kappa shape index (κ3) is 1.90. The van der Waals surface area contributed by atoms with Gasteiger partial charge in [-0.3, -0.25) is 0 Å². The fourth-order valence-corrected chi connectivity index (χ4v) is 2.01. The summed E-state index contributed by atoms with van der Waals surface area (Å²) in [4.78, 5) is 0. The highest BCUT2D eigenvalue weighted by molar-refractivity contribution is 5.82. The first-order valence-electron chi connectivity index (χ1n) is 5.28. The average Bonchev–Trinajstić information content (AvgIpc) is 2.50. The van der Waals surface area contributed by atoms with Gasteiger partial charge >= 0.3 is 0 Å². The van der Waals surface area contributed by atoms with Crippen LogP contribution < -0.4 is 0 Å². The number of rotatable bonds is 3. The van der Waals surface area contributed by atoms with Gasteiger partial charge in [-0.25, -0.2) is 0 Å². The highest BCUT2D eigenvalue weighted by Gasteiger charge is 2.04. The number of aryl methyl sites for hydroxylation is 2. The van der Waals surface area contributed by atoms with Crippen molar-refractivity contribution in [1.29, 1.82) is 0 Å². The van der Waals surface area contributed by atoms with Crippen molar-refractivity contribution in [3.8, 4) is 0 Å². The molecule has 1 aromatic heterocycles. The molecule has 0 spiro atoms. The van der Waals surface area contributed by atoms with Crippen molar-refractivity contribution in [1.82, 2.24) is 4.57 Å². The van der Waals surface area contributed by atoms with Gasteiger partial charge in [0.25, 0.3) is 0 Å². The van der Waals surface area contributed by atoms with Gasteiger partial charge in [-0.1, -0.05) is 11.6 Å². The van der Waals surface area contributed by atoms with E-state index in [1.165, 1.54) is 22.2 Å². The first kappa shape index (κ1) is 10.2. The van der Waals surface area contributed by atoms with Crippen LogP contribution in [0.25, 0.3) is 10.9 Å². The minimum absolute atomic E-state index is 0.762. The molecule has 0 N–H and O–H groups in total. The van der Waals surface area contributed by atoms with Crippen LogP contribution in [0.5, 0.6) is 0 Å². The molecule has 0 unspecified atom stereocenters. The van der Waals surface area contributed by atoms with E-state index in [1.54, 1.807) is 7.11 Å². The van der Waals surface area contributed by atoms with E-state index in [2.05, 4.69) is 42.7 Å². The Morgan fingerprint density at radius 1 is 1.20 bits per heavy atom. The van der Waals surface area contributed by atoms with E-state index in [1.807, 2.05) is 0 Å². The van der Waals surface area contributed by atoms with Crippen LogP contribution in [0.15, 0.2) is 24.3 Å². The van der Waals surface area contributed by atoms with Gasteiger partial charge in [0.1, 0.15) is 0 Å². The number of hydrogen-bond acceptors (Lipinski definition) is 1. The molecule has 0 amide bonds. The molecule has 1 heterocycles. The number of nitrogens with zero attached hydrogens (tertiary/aromatic N) is 1. The maximum Gasteiger partial charge on any atom is 0.0642 e. The Kier molecular flexibility index (Phi) is 2.78. The van der Waals surface area contributed by atoms with E-state index in [0.717, 1.165) is 13.2 Å². The van der Waals surface area contributed by atoms with Crippen molar-refractivity contribution >= 4 is 10.9 Å². The minimum Gasteiger partial charge on any atom is -0.383 e. The molecule has 0 atom stereocenters. The lowest BCUT2D eigenvalue weighted by Crippen LogP contribution is -2.05. The maximum absolute atomic E-state index is 5.12. The second-order valence-corrected chi connectivity index (χ2v) is 3.99. The Morgan fingerprint density at radius 2 is 2.00 bits per heavy atom. The van der Waals surface area contributed by atoms with Crippen LogP contribution in [0.2, 0.25) is 0 Å². The molecule has 0 aliphatic rings. The molecule has 0 radical (unpaired) electrons. The van der Waals surface area contributed by atoms with Crippen molar-refractivity contribution in [2.75, 3.05) is 13.7 Å². The van der Waals surface area contributed by atoms with Gasteiger partial charge in [0, 0.05) is 30.3 Å². The smallest absolute Gasteiger partial charge is 0.0642 e. The van der Waals surface area contributed by atoms with Crippen LogP contribution in [-0.2, 0) is 11.3 Å². The van der Waals surface area contributed by atoms with Crippen LogP contribution >= 0.6 is 0 Å². The van der Waals surface area contributed by atoms with E-state index >= 15 is 0 Å². The standard InChI is InChI=1S/C13H17NO/c1-10-4-5-13-12(8-10)9-11(2)14(13)6-7-15-3/h4-5,8-9H,6-7H2,1-3H3. The zero-order valence-corrected chi connectivity index (χ0v) is 9.58. The Bertz CT molecular complexity index is 471. The zero-order valence-electron chi connectivity index (χ0n) is 9.58. The Hall–Kier alpha value is -1.28. The molecule has 0 fully saturated rings. The Balaban J connectivity index is 2.48. The summed E-state index contributed by atoms with van der Waals surface area (Å²) in [6.45, 7) is 5.96. The maximum atomic E-state index is 5.12. The number of methoxy groups -OCH3 is 1. The quantitative estimate of drug-likeness (QED) is 0.748. The second-order valence-electron chi connectivity index (χ2n) is 3.99. The summed E-state index contributed by atoms with van der Waals surface area (Å²) in [7, 11) is 1.74. The summed E-state index contributed by atoms with van der Waals surface area (Å²) < 4.78 is 7.43. The summed E-state index contributed by atoms with van der Waals surface area (Å²) in [5, 5.41) is 1.32. The molecule has 0 aliphatic carbocycles. The van der Waals surface area contributed by atoms with Crippen LogP contribution in [0.4, 0.5) is 0 Å². The highest BCUT2D eigenvalue weighted by atomic mass is 16.5. The van der Waals surface area contributed by atoms with Crippen molar-refractivity contribution in [2.24, 2.45) is 0 Å². The molecule has 80 valence electrons. The highest BCUT2D eigenvalue weighted by Crippen LogP contribution is 2.20. The van der Waals surface area contributed by atoms with Crippen LogP contribution in [-0.4, -0.2) is 18.3 Å². The summed E-state index contributed by atoms with van der Waals surface area (Å²) in [5.41, 5.74) is 3.91. The van der Waals surface area contributed by atoms with E-state index in [4.69, 9.17) is 4.74 Å². The predicted octanol–water partition coefficient (Wildman–Crippen LogP) is 2.90. The third-order valence-corrected chi connectivity index (χ3v) is 2.78. The molecule has 15 heavy (non-hydrogen) atoms. The summed E-state index contributed by atoms with van der Waals surface area (Å²) in [6, 6.07) is 8.81. The first-order chi connectivity index (χ1) is 7.22. The molecule has 2 heteroatoms. The lowest BCUT2D eigenvalue weighted by Gasteiger charge is -2.07. The summed E-state index contributed by atoms with van der Waals surface area (Å²) in [5.74, 6) is 0. The molecule has 2 rings (SSSR count). The van der Waals surface area contributed by atoms with Crippen molar-refractivity contribution in [3.05, 3.63) is 35.5 Å². The third-order valence-electron chi connectivity index (χ3n) is 2.78. The van der Waals surface area contributed by atoms with Gasteiger partial charge < -0.3 is 9.30 Å². The van der Waals surface area contributed by atoms with Crippen LogP contribution in [0.3, 0.4) is 0 Å². The molecule has 0 bridgehead atoms. The SMILES string of the molecule is COCCn1c(C)cc2cc(C)ccc21. The second kappa shape index (κ2) is 4.07. The lowest BCUT2D eigenvalue weighted by atomic mass is 10.2. The topological polar surface area (TPSA) is 14.2 Å². The fraction of sp³-hybridized carbons (Fsp3) is 0.385. The number of hydrogen-bond donors (Lipinski definition) is 0. The fourth-order valence-electron chi connectivity index (χ4n) is 2.01. The molecule has 1 aromatic carbocycles. The van der Waals surface area contributed by atoms with Crippen molar-refractivity contribution in [2.45, 2.75) is 20.4 Å². The summed E-state index contributed by atoms with van der Waals surface area (Å²) >= 11 is 0. The molecule has 0 saturated carbocycles. The van der Waals surface area contributed by atoms with Gasteiger partial charge in [-0.05, 0) is 32.0 Å². The zero-order chi connectivity index (χ0) is 10.8. The Morgan fingerprint density at radius 3 is 2.73 bits per heavy atom. The molecule has 2 aromatic rings. The van der Waals surface area contributed by atoms with Crippen molar-refractivity contribution < 1.29 is 4.74 Å². The molecule has 0 aliphatic heterocycles. The van der Waals surface area contributed by atoms with E-state index < -0.39 is 0 Å². The van der Waals surface area contributed by atoms with E-state index in [0.29, 0.717) is 0 Å². The number of ether oxygens (including phenoxy) is 1. The number of aromatic nitrogens is 1. The van der Waals surface area contributed by atoms with Crippen LogP contribution in [0, 0.1) is 13.8 Å². The number of benzene rings is 1. The van der Waals surface area contributed by atoms with Gasteiger partial charge in [0.15, 0.2) is 0 Å². The normalized spacial score (nSPS) is 11.1. The summed E-state index contributed by atoms with van der Waals surface area (Å²) in [6.07, 6.45) is 0. The van der Waals surface area contributed by atoms with Crippen molar-refractivity contribution in [3.63, 3.8) is 0 Å². The average molecular weight is 203 g/mol.